The van der Waals surface area contributed by atoms with Gasteiger partial charge in [-0.3, -0.25) is 9.59 Å². The fourth-order valence-corrected chi connectivity index (χ4v) is 3.50. The maximum absolute atomic E-state index is 12.2. The van der Waals surface area contributed by atoms with Crippen molar-refractivity contribution in [2.24, 2.45) is 7.05 Å². The molecule has 1 aromatic carbocycles. The molecule has 2 aromatic heterocycles. The van der Waals surface area contributed by atoms with Gasteiger partial charge in [0.25, 0.3) is 0 Å². The predicted molar refractivity (Wildman–Crippen MR) is 113 cm³/mol. The first kappa shape index (κ1) is 20.6. The Morgan fingerprint density at radius 2 is 2.07 bits per heavy atom. The maximum Gasteiger partial charge on any atom is 0.226 e. The Balaban J connectivity index is 1.47. The van der Waals surface area contributed by atoms with Crippen molar-refractivity contribution in [1.82, 2.24) is 9.55 Å². The predicted octanol–water partition coefficient (Wildman–Crippen LogP) is 4.16. The van der Waals surface area contributed by atoms with Crippen molar-refractivity contribution >= 4 is 28.2 Å². The molecule has 152 valence electrons. The molecule has 3 aromatic rings. The molecule has 0 spiro atoms. The number of aromatic nitrogens is 2. The number of methoxy groups -OCH3 is 1. The number of thiazole rings is 1. The third-order valence-electron chi connectivity index (χ3n) is 4.33. The summed E-state index contributed by atoms with van der Waals surface area (Å²) in [6.07, 6.45) is 2.81. The Hall–Kier alpha value is -3.13. The van der Waals surface area contributed by atoms with Crippen LogP contribution >= 0.6 is 11.3 Å². The summed E-state index contributed by atoms with van der Waals surface area (Å²) in [6, 6.07) is 8.98. The number of hydrogen-bond donors (Lipinski definition) is 1. The first-order valence-electron chi connectivity index (χ1n) is 9.17. The Kier molecular flexibility index (Phi) is 6.66. The van der Waals surface area contributed by atoms with Crippen LogP contribution in [0.4, 0.5) is 5.13 Å². The number of ether oxygens (including phenoxy) is 2. The average molecular weight is 413 g/mol. The average Bonchev–Trinajstić information content (AvgIpc) is 3.33. The van der Waals surface area contributed by atoms with E-state index < -0.39 is 0 Å². The number of rotatable bonds is 9. The lowest BCUT2D eigenvalue weighted by Crippen LogP contribution is -2.12. The molecular weight excluding hydrogens is 390 g/mol. The lowest BCUT2D eigenvalue weighted by Gasteiger charge is -2.11. The van der Waals surface area contributed by atoms with E-state index in [1.165, 1.54) is 25.4 Å². The highest BCUT2D eigenvalue weighted by Gasteiger charge is 2.11. The van der Waals surface area contributed by atoms with Crippen LogP contribution in [0, 0.1) is 0 Å². The van der Waals surface area contributed by atoms with Crippen LogP contribution in [0.15, 0.2) is 41.9 Å². The summed E-state index contributed by atoms with van der Waals surface area (Å²) in [5.74, 6) is 0.896. The van der Waals surface area contributed by atoms with Crippen molar-refractivity contribution in [3.05, 3.63) is 47.5 Å². The van der Waals surface area contributed by atoms with Gasteiger partial charge in [0, 0.05) is 30.6 Å². The standard InChI is InChI=1S/C21H23N3O4S/c1-14(25)15-8-9-18(19(12-15)27-3)28-11-5-7-20(26)23-21-22-16(13-29-21)17-6-4-10-24(17)2/h4,6,8-10,12-13H,5,7,11H2,1-3H3,(H,22,23,26). The highest BCUT2D eigenvalue weighted by molar-refractivity contribution is 7.14. The molecule has 8 heteroatoms. The van der Waals surface area contributed by atoms with E-state index in [0.717, 1.165) is 11.4 Å². The Morgan fingerprint density at radius 3 is 2.76 bits per heavy atom. The monoisotopic (exact) mass is 413 g/mol. The van der Waals surface area contributed by atoms with Crippen LogP contribution in [0.25, 0.3) is 11.4 Å². The van der Waals surface area contributed by atoms with Crippen molar-refractivity contribution in [3.63, 3.8) is 0 Å². The zero-order chi connectivity index (χ0) is 20.8. The molecule has 0 saturated heterocycles. The number of amides is 1. The van der Waals surface area contributed by atoms with E-state index in [1.807, 2.05) is 35.3 Å². The van der Waals surface area contributed by atoms with Gasteiger partial charge in [-0.1, -0.05) is 0 Å². The van der Waals surface area contributed by atoms with Gasteiger partial charge < -0.3 is 19.4 Å². The molecule has 29 heavy (non-hydrogen) atoms. The number of anilines is 1. The molecule has 0 atom stereocenters. The smallest absolute Gasteiger partial charge is 0.226 e. The molecule has 7 nitrogen and oxygen atoms in total. The van der Waals surface area contributed by atoms with Crippen LogP contribution in [0.3, 0.4) is 0 Å². The summed E-state index contributed by atoms with van der Waals surface area (Å²) < 4.78 is 12.9. The molecule has 0 aliphatic carbocycles. The van der Waals surface area contributed by atoms with E-state index in [4.69, 9.17) is 9.47 Å². The van der Waals surface area contributed by atoms with Gasteiger partial charge in [0.1, 0.15) is 0 Å². The summed E-state index contributed by atoms with van der Waals surface area (Å²) in [6.45, 7) is 1.86. The molecule has 2 heterocycles. The molecule has 0 bridgehead atoms. The number of Topliss-reactive ketones (excluding diaryl/α,β-unsaturated/α-hetero) is 1. The third-order valence-corrected chi connectivity index (χ3v) is 5.09. The number of nitrogens with zero attached hydrogens (tertiary/aromatic N) is 2. The number of nitrogens with one attached hydrogen (secondary N) is 1. The first-order valence-corrected chi connectivity index (χ1v) is 10.0. The van der Waals surface area contributed by atoms with Gasteiger partial charge in [-0.15, -0.1) is 11.3 Å². The minimum Gasteiger partial charge on any atom is -0.493 e. The van der Waals surface area contributed by atoms with E-state index in [2.05, 4.69) is 10.3 Å². The van der Waals surface area contributed by atoms with Crippen LogP contribution in [0.2, 0.25) is 0 Å². The van der Waals surface area contributed by atoms with Crippen molar-refractivity contribution < 1.29 is 19.1 Å². The SMILES string of the molecule is COc1cc(C(C)=O)ccc1OCCCC(=O)Nc1nc(-c2cccn2C)cs1. The van der Waals surface area contributed by atoms with E-state index >= 15 is 0 Å². The lowest BCUT2D eigenvalue weighted by atomic mass is 10.1. The van der Waals surface area contributed by atoms with Gasteiger partial charge in [-0.2, -0.15) is 0 Å². The molecule has 1 N–H and O–H groups in total. The van der Waals surface area contributed by atoms with Crippen molar-refractivity contribution in [3.8, 4) is 22.9 Å². The molecule has 0 aliphatic heterocycles. The molecule has 0 unspecified atom stereocenters. The van der Waals surface area contributed by atoms with E-state index in [-0.39, 0.29) is 11.7 Å². The fourth-order valence-electron chi connectivity index (χ4n) is 2.78. The Morgan fingerprint density at radius 1 is 1.24 bits per heavy atom. The van der Waals surface area contributed by atoms with Crippen molar-refractivity contribution in [2.45, 2.75) is 19.8 Å². The van der Waals surface area contributed by atoms with Crippen LogP contribution in [-0.2, 0) is 11.8 Å². The van der Waals surface area contributed by atoms with Gasteiger partial charge in [-0.05, 0) is 43.7 Å². The van der Waals surface area contributed by atoms with Gasteiger partial charge in [0.2, 0.25) is 5.91 Å². The second-order valence-corrected chi connectivity index (χ2v) is 7.32. The minimum atomic E-state index is -0.111. The number of ketones is 1. The summed E-state index contributed by atoms with van der Waals surface area (Å²) in [7, 11) is 3.48. The van der Waals surface area contributed by atoms with Crippen molar-refractivity contribution in [2.75, 3.05) is 19.0 Å². The summed E-state index contributed by atoms with van der Waals surface area (Å²) >= 11 is 1.40. The number of hydrogen-bond acceptors (Lipinski definition) is 6. The Labute approximate surface area is 173 Å². The van der Waals surface area contributed by atoms with Gasteiger partial charge >= 0.3 is 0 Å². The molecule has 1 amide bonds. The Bertz CT molecular complexity index is 1010. The van der Waals surface area contributed by atoms with Crippen molar-refractivity contribution in [1.29, 1.82) is 0 Å². The highest BCUT2D eigenvalue weighted by atomic mass is 32.1. The van der Waals surface area contributed by atoms with Crippen LogP contribution in [0.1, 0.15) is 30.1 Å². The largest absolute Gasteiger partial charge is 0.493 e. The molecule has 0 saturated carbocycles. The topological polar surface area (TPSA) is 82.4 Å². The zero-order valence-corrected chi connectivity index (χ0v) is 17.4. The highest BCUT2D eigenvalue weighted by Crippen LogP contribution is 2.28. The number of carbonyl (C=O) groups is 2. The molecule has 0 radical (unpaired) electrons. The quantitative estimate of drug-likeness (QED) is 0.421. The summed E-state index contributed by atoms with van der Waals surface area (Å²) in [4.78, 5) is 28.1. The summed E-state index contributed by atoms with van der Waals surface area (Å²) in [5, 5.41) is 5.33. The van der Waals surface area contributed by atoms with Gasteiger partial charge in [-0.25, -0.2) is 4.98 Å². The van der Waals surface area contributed by atoms with Crippen LogP contribution in [0.5, 0.6) is 11.5 Å². The van der Waals surface area contributed by atoms with E-state index in [0.29, 0.717) is 41.6 Å². The number of benzene rings is 1. The van der Waals surface area contributed by atoms with E-state index in [1.54, 1.807) is 18.2 Å². The molecule has 3 rings (SSSR count). The summed E-state index contributed by atoms with van der Waals surface area (Å²) in [5.41, 5.74) is 2.40. The second-order valence-electron chi connectivity index (χ2n) is 6.46. The van der Waals surface area contributed by atoms with Crippen LogP contribution in [-0.4, -0.2) is 35.0 Å². The van der Waals surface area contributed by atoms with Gasteiger partial charge in [0.15, 0.2) is 22.4 Å². The molecular formula is C21H23N3O4S. The lowest BCUT2D eigenvalue weighted by molar-refractivity contribution is -0.116. The minimum absolute atomic E-state index is 0.0380. The first-order chi connectivity index (χ1) is 14.0. The van der Waals surface area contributed by atoms with E-state index in [9.17, 15) is 9.59 Å². The fraction of sp³-hybridized carbons (Fsp3) is 0.286. The van der Waals surface area contributed by atoms with Crippen LogP contribution < -0.4 is 14.8 Å². The maximum atomic E-state index is 12.2. The van der Waals surface area contributed by atoms with Gasteiger partial charge in [0.05, 0.1) is 25.1 Å². The molecule has 0 fully saturated rings. The molecule has 0 aliphatic rings. The zero-order valence-electron chi connectivity index (χ0n) is 16.6. The number of aryl methyl sites for hydroxylation is 1. The normalized spacial score (nSPS) is 10.6. The second kappa shape index (κ2) is 9.38. The number of carbonyl (C=O) groups excluding carboxylic acids is 2. The third kappa shape index (κ3) is 5.23.